The van der Waals surface area contributed by atoms with Gasteiger partial charge in [0, 0.05) is 30.4 Å². The number of rotatable bonds is 4. The van der Waals surface area contributed by atoms with E-state index in [1.54, 1.807) is 18.3 Å². The minimum atomic E-state index is -0.348. The number of hydrogen-bond acceptors (Lipinski definition) is 3. The first-order chi connectivity index (χ1) is 9.83. The second kappa shape index (κ2) is 6.54. The molecule has 0 amide bonds. The number of ether oxygens (including phenoxy) is 1. The normalized spacial score (nSPS) is 11.5. The Labute approximate surface area is 132 Å². The lowest BCUT2D eigenvalue weighted by molar-refractivity contribution is 0.422. The van der Waals surface area contributed by atoms with Crippen LogP contribution < -0.4 is 10.1 Å². The molecule has 112 valence electrons. The van der Waals surface area contributed by atoms with E-state index in [-0.39, 0.29) is 11.4 Å². The lowest BCUT2D eigenvalue weighted by Gasteiger charge is -2.20. The monoisotopic (exact) mass is 352 g/mol. The molecule has 2 aromatic rings. The highest BCUT2D eigenvalue weighted by molar-refractivity contribution is 9.10. The fraction of sp³-hybridized carbons (Fsp3) is 0.312. The van der Waals surface area contributed by atoms with Gasteiger partial charge in [0.25, 0.3) is 0 Å². The summed E-state index contributed by atoms with van der Waals surface area (Å²) >= 11 is 3.32. The molecule has 0 saturated carbocycles. The quantitative estimate of drug-likeness (QED) is 0.868. The molecule has 0 aliphatic carbocycles. The van der Waals surface area contributed by atoms with E-state index in [9.17, 15) is 4.39 Å². The van der Waals surface area contributed by atoms with Gasteiger partial charge < -0.3 is 10.1 Å². The number of nitrogens with zero attached hydrogens (tertiary/aromatic N) is 1. The molecule has 1 N–H and O–H groups in total. The lowest BCUT2D eigenvalue weighted by Crippen LogP contribution is -2.35. The number of nitrogens with one attached hydrogen (secondary N) is 1. The molecule has 1 aromatic heterocycles. The van der Waals surface area contributed by atoms with Gasteiger partial charge in [0.2, 0.25) is 5.88 Å². The molecule has 0 spiro atoms. The van der Waals surface area contributed by atoms with Crippen molar-refractivity contribution < 1.29 is 9.13 Å². The summed E-state index contributed by atoms with van der Waals surface area (Å²) in [7, 11) is 0. The van der Waals surface area contributed by atoms with Gasteiger partial charge in [0.1, 0.15) is 11.6 Å². The summed E-state index contributed by atoms with van der Waals surface area (Å²) in [6.45, 7) is 7.07. The lowest BCUT2D eigenvalue weighted by atomic mass is 10.1. The molecule has 0 unspecified atom stereocenters. The van der Waals surface area contributed by atoms with Gasteiger partial charge in [-0.25, -0.2) is 9.37 Å². The molecule has 5 heteroatoms. The van der Waals surface area contributed by atoms with Crippen LogP contribution in [0, 0.1) is 5.82 Å². The first-order valence-electron chi connectivity index (χ1n) is 6.66. The largest absolute Gasteiger partial charge is 0.438 e. The molecule has 0 bridgehead atoms. The molecule has 0 aliphatic rings. The maximum Gasteiger partial charge on any atom is 0.219 e. The van der Waals surface area contributed by atoms with Crippen LogP contribution in [0.2, 0.25) is 0 Å². The van der Waals surface area contributed by atoms with Crippen molar-refractivity contribution in [1.82, 2.24) is 10.3 Å². The maximum atomic E-state index is 13.2. The van der Waals surface area contributed by atoms with Crippen LogP contribution in [0.15, 0.2) is 41.0 Å². The van der Waals surface area contributed by atoms with Crippen LogP contribution in [0.4, 0.5) is 4.39 Å². The van der Waals surface area contributed by atoms with Gasteiger partial charge in [0.05, 0.1) is 4.47 Å². The van der Waals surface area contributed by atoms with Crippen molar-refractivity contribution in [2.24, 2.45) is 0 Å². The Morgan fingerprint density at radius 1 is 1.24 bits per heavy atom. The van der Waals surface area contributed by atoms with E-state index in [0.29, 0.717) is 16.1 Å². The van der Waals surface area contributed by atoms with Crippen LogP contribution in [0.25, 0.3) is 0 Å². The van der Waals surface area contributed by atoms with Crippen molar-refractivity contribution in [2.75, 3.05) is 0 Å². The summed E-state index contributed by atoms with van der Waals surface area (Å²) < 4.78 is 19.5. The van der Waals surface area contributed by atoms with Crippen LogP contribution in [-0.2, 0) is 6.54 Å². The molecule has 0 saturated heterocycles. The van der Waals surface area contributed by atoms with Gasteiger partial charge >= 0.3 is 0 Å². The molecule has 2 rings (SSSR count). The van der Waals surface area contributed by atoms with E-state index >= 15 is 0 Å². The predicted molar refractivity (Wildman–Crippen MR) is 85.0 cm³/mol. The molecule has 0 aliphatic heterocycles. The Kier molecular flexibility index (Phi) is 4.96. The number of pyridine rings is 1. The summed E-state index contributed by atoms with van der Waals surface area (Å²) in [6, 6.07) is 8.00. The molecule has 3 nitrogen and oxygen atoms in total. The smallest absolute Gasteiger partial charge is 0.219 e. The van der Waals surface area contributed by atoms with E-state index in [2.05, 4.69) is 47.0 Å². The third-order valence-electron chi connectivity index (χ3n) is 2.73. The molecular formula is C16H18BrFN2O. The highest BCUT2D eigenvalue weighted by atomic mass is 79.9. The number of halogens is 2. The highest BCUT2D eigenvalue weighted by Crippen LogP contribution is 2.29. The van der Waals surface area contributed by atoms with Crippen molar-refractivity contribution in [3.05, 3.63) is 52.4 Å². The Morgan fingerprint density at radius 2 is 2.00 bits per heavy atom. The minimum Gasteiger partial charge on any atom is -0.438 e. The van der Waals surface area contributed by atoms with Crippen LogP contribution in [0.5, 0.6) is 11.6 Å². The standard InChI is InChI=1S/C16H18BrFN2O/c1-16(2,3)20-10-11-4-7-15(19-9-11)21-14-8-12(18)5-6-13(14)17/h4-9,20H,10H2,1-3H3. The van der Waals surface area contributed by atoms with E-state index in [0.717, 1.165) is 12.1 Å². The first-order valence-corrected chi connectivity index (χ1v) is 7.46. The van der Waals surface area contributed by atoms with Crippen LogP contribution in [0.1, 0.15) is 26.3 Å². The fourth-order valence-corrected chi connectivity index (χ4v) is 1.94. The van der Waals surface area contributed by atoms with Crippen molar-refractivity contribution in [3.63, 3.8) is 0 Å². The Balaban J connectivity index is 2.04. The number of aromatic nitrogens is 1. The molecule has 0 radical (unpaired) electrons. The summed E-state index contributed by atoms with van der Waals surface area (Å²) in [4.78, 5) is 4.24. The third-order valence-corrected chi connectivity index (χ3v) is 3.38. The van der Waals surface area contributed by atoms with Gasteiger partial charge in [-0.3, -0.25) is 0 Å². The second-order valence-electron chi connectivity index (χ2n) is 5.79. The van der Waals surface area contributed by atoms with E-state index in [4.69, 9.17) is 4.74 Å². The zero-order valence-electron chi connectivity index (χ0n) is 12.3. The Bertz CT molecular complexity index is 609. The van der Waals surface area contributed by atoms with Crippen molar-refractivity contribution in [3.8, 4) is 11.6 Å². The van der Waals surface area contributed by atoms with Crippen LogP contribution >= 0.6 is 15.9 Å². The van der Waals surface area contributed by atoms with Crippen LogP contribution in [0.3, 0.4) is 0 Å². The SMILES string of the molecule is CC(C)(C)NCc1ccc(Oc2cc(F)ccc2Br)nc1. The first kappa shape index (κ1) is 15.9. The van der Waals surface area contributed by atoms with Crippen molar-refractivity contribution in [1.29, 1.82) is 0 Å². The summed E-state index contributed by atoms with van der Waals surface area (Å²) in [5, 5.41) is 3.39. The third kappa shape index (κ3) is 5.10. The van der Waals surface area contributed by atoms with Crippen molar-refractivity contribution >= 4 is 15.9 Å². The highest BCUT2D eigenvalue weighted by Gasteiger charge is 2.09. The average Bonchev–Trinajstić information content (AvgIpc) is 2.41. The Hall–Kier alpha value is -1.46. The molecule has 21 heavy (non-hydrogen) atoms. The molecular weight excluding hydrogens is 335 g/mol. The van der Waals surface area contributed by atoms with Crippen LogP contribution in [-0.4, -0.2) is 10.5 Å². The molecule has 1 heterocycles. The molecule has 0 fully saturated rings. The van der Waals surface area contributed by atoms with E-state index < -0.39 is 0 Å². The van der Waals surface area contributed by atoms with Crippen molar-refractivity contribution in [2.45, 2.75) is 32.9 Å². The van der Waals surface area contributed by atoms with Gasteiger partial charge in [-0.05, 0) is 54.4 Å². The van der Waals surface area contributed by atoms with E-state index in [1.807, 2.05) is 6.07 Å². The number of benzene rings is 1. The predicted octanol–water partition coefficient (Wildman–Crippen LogP) is 4.66. The van der Waals surface area contributed by atoms with Gasteiger partial charge in [-0.2, -0.15) is 0 Å². The summed E-state index contributed by atoms with van der Waals surface area (Å²) in [6.07, 6.45) is 1.75. The molecule has 0 atom stereocenters. The zero-order chi connectivity index (χ0) is 15.5. The summed E-state index contributed by atoms with van der Waals surface area (Å²) in [5.74, 6) is 0.489. The second-order valence-corrected chi connectivity index (χ2v) is 6.64. The van der Waals surface area contributed by atoms with Gasteiger partial charge in [0.15, 0.2) is 0 Å². The zero-order valence-corrected chi connectivity index (χ0v) is 13.9. The van der Waals surface area contributed by atoms with E-state index in [1.165, 1.54) is 12.1 Å². The van der Waals surface area contributed by atoms with Gasteiger partial charge in [-0.15, -0.1) is 0 Å². The topological polar surface area (TPSA) is 34.1 Å². The summed E-state index contributed by atoms with van der Waals surface area (Å²) in [5.41, 5.74) is 1.12. The average molecular weight is 353 g/mol. The minimum absolute atomic E-state index is 0.0571. The number of hydrogen-bond donors (Lipinski definition) is 1. The van der Waals surface area contributed by atoms with Gasteiger partial charge in [-0.1, -0.05) is 6.07 Å². The Morgan fingerprint density at radius 3 is 2.62 bits per heavy atom. The maximum absolute atomic E-state index is 13.2. The molecule has 1 aromatic carbocycles. The fourth-order valence-electron chi connectivity index (χ4n) is 1.61.